The van der Waals surface area contributed by atoms with Gasteiger partial charge in [-0.15, -0.1) is 0 Å². The van der Waals surface area contributed by atoms with Crippen LogP contribution in [-0.4, -0.2) is 35.8 Å². The molecule has 2 aliphatic heterocycles. The summed E-state index contributed by atoms with van der Waals surface area (Å²) in [6.07, 6.45) is 2.01. The van der Waals surface area contributed by atoms with E-state index in [1.165, 1.54) is 18.2 Å². The number of hydrogen-bond acceptors (Lipinski definition) is 4. The molecule has 0 atom stereocenters. The van der Waals surface area contributed by atoms with Crippen molar-refractivity contribution in [2.24, 2.45) is 0 Å². The number of hydrogen-bond donors (Lipinski definition) is 1. The van der Waals surface area contributed by atoms with Crippen LogP contribution in [0.4, 0.5) is 10.1 Å². The van der Waals surface area contributed by atoms with Gasteiger partial charge in [-0.25, -0.2) is 4.39 Å². The zero-order valence-electron chi connectivity index (χ0n) is 14.5. The molecule has 2 heterocycles. The summed E-state index contributed by atoms with van der Waals surface area (Å²) in [6.45, 7) is 1.35. The number of para-hydroxylation sites is 1. The van der Waals surface area contributed by atoms with Crippen LogP contribution in [0.25, 0.3) is 0 Å². The second-order valence-corrected chi connectivity index (χ2v) is 6.59. The number of likely N-dealkylation sites (tertiary alicyclic amines) is 1. The monoisotopic (exact) mass is 368 g/mol. The minimum atomic E-state index is -0.696. The van der Waals surface area contributed by atoms with E-state index in [-0.39, 0.29) is 34.9 Å². The van der Waals surface area contributed by atoms with E-state index in [0.717, 1.165) is 18.9 Å². The van der Waals surface area contributed by atoms with Gasteiger partial charge in [-0.05, 0) is 37.1 Å². The lowest BCUT2D eigenvalue weighted by molar-refractivity contribution is -0.131. The molecule has 0 aromatic heterocycles. The molecule has 7 heteroatoms. The fourth-order valence-electron chi connectivity index (χ4n) is 3.37. The smallest absolute Gasteiger partial charge is 0.315 e. The maximum atomic E-state index is 14.4. The number of carbonyl (C=O) groups excluding carboxylic acids is 3. The molecule has 4 rings (SSSR count). The van der Waals surface area contributed by atoms with Crippen molar-refractivity contribution < 1.29 is 23.5 Å². The zero-order chi connectivity index (χ0) is 19.0. The van der Waals surface area contributed by atoms with Gasteiger partial charge in [0.1, 0.15) is 11.6 Å². The molecule has 0 spiro atoms. The molecule has 0 unspecified atom stereocenters. The third-order valence-electron chi connectivity index (χ3n) is 4.75. The van der Waals surface area contributed by atoms with Crippen molar-refractivity contribution in [1.29, 1.82) is 0 Å². The second-order valence-electron chi connectivity index (χ2n) is 6.59. The number of carbonyl (C=O) groups is 3. The third-order valence-corrected chi connectivity index (χ3v) is 4.75. The number of nitrogens with one attached hydrogen (secondary N) is 1. The normalized spacial score (nSPS) is 15.4. The maximum Gasteiger partial charge on any atom is 0.315 e. The van der Waals surface area contributed by atoms with Gasteiger partial charge < -0.3 is 15.0 Å². The van der Waals surface area contributed by atoms with E-state index in [1.54, 1.807) is 17.0 Å². The van der Waals surface area contributed by atoms with E-state index < -0.39 is 17.7 Å². The molecule has 2 aromatic rings. The molecular weight excluding hydrogens is 351 g/mol. The summed E-state index contributed by atoms with van der Waals surface area (Å²) in [5.41, 5.74) is 0.997. The number of anilines is 1. The molecule has 2 aliphatic rings. The molecule has 2 aromatic carbocycles. The van der Waals surface area contributed by atoms with Gasteiger partial charge in [-0.3, -0.25) is 14.4 Å². The lowest BCUT2D eigenvalue weighted by Gasteiger charge is -2.16. The highest BCUT2D eigenvalue weighted by Gasteiger charge is 2.26. The number of halogens is 1. The number of amides is 2. The first kappa shape index (κ1) is 17.2. The Morgan fingerprint density at radius 3 is 2.63 bits per heavy atom. The molecule has 1 saturated heterocycles. The van der Waals surface area contributed by atoms with Gasteiger partial charge in [0.05, 0.1) is 17.7 Å². The Hall–Kier alpha value is -3.22. The lowest BCUT2D eigenvalue weighted by Crippen LogP contribution is -2.27. The van der Waals surface area contributed by atoms with Crippen molar-refractivity contribution in [2.45, 2.75) is 19.3 Å². The van der Waals surface area contributed by atoms with E-state index in [9.17, 15) is 18.8 Å². The minimum absolute atomic E-state index is 0.0418. The van der Waals surface area contributed by atoms with Gasteiger partial charge in [0.25, 0.3) is 11.8 Å². The van der Waals surface area contributed by atoms with Crippen LogP contribution in [0, 0.1) is 5.82 Å². The fraction of sp³-hybridized carbons (Fsp3) is 0.250. The van der Waals surface area contributed by atoms with E-state index in [0.29, 0.717) is 18.7 Å². The molecule has 0 radical (unpaired) electrons. The lowest BCUT2D eigenvalue weighted by atomic mass is 10.1. The molecule has 2 amide bonds. The quantitative estimate of drug-likeness (QED) is 0.668. The van der Waals surface area contributed by atoms with Crippen molar-refractivity contribution in [1.82, 2.24) is 4.90 Å². The molecule has 0 saturated carbocycles. The van der Waals surface area contributed by atoms with E-state index in [4.69, 9.17) is 4.74 Å². The van der Waals surface area contributed by atoms with Gasteiger partial charge in [0, 0.05) is 24.2 Å². The highest BCUT2D eigenvalue weighted by Crippen LogP contribution is 2.31. The van der Waals surface area contributed by atoms with Crippen molar-refractivity contribution in [3.8, 4) is 5.75 Å². The van der Waals surface area contributed by atoms with Gasteiger partial charge in [0.15, 0.2) is 0 Å². The highest BCUT2D eigenvalue weighted by molar-refractivity contribution is 6.08. The van der Waals surface area contributed by atoms with Crippen LogP contribution in [0.3, 0.4) is 0 Å². The molecule has 0 aliphatic carbocycles. The number of nitrogens with zero attached hydrogens (tertiary/aromatic N) is 1. The Bertz CT molecular complexity index is 951. The topological polar surface area (TPSA) is 75.7 Å². The zero-order valence-corrected chi connectivity index (χ0v) is 14.5. The molecule has 138 valence electrons. The number of fused-ring (bicyclic) bond motifs is 1. The van der Waals surface area contributed by atoms with Gasteiger partial charge >= 0.3 is 5.97 Å². The Morgan fingerprint density at radius 1 is 1.11 bits per heavy atom. The molecular formula is C20H17FN2O4. The Balaban J connectivity index is 1.53. The predicted molar refractivity (Wildman–Crippen MR) is 95.3 cm³/mol. The Kier molecular flexibility index (Phi) is 4.35. The highest BCUT2D eigenvalue weighted by atomic mass is 19.1. The van der Waals surface area contributed by atoms with Gasteiger partial charge in [0.2, 0.25) is 0 Å². The summed E-state index contributed by atoms with van der Waals surface area (Å²) in [5, 5.41) is 2.48. The van der Waals surface area contributed by atoms with Crippen LogP contribution in [-0.2, 0) is 11.2 Å². The molecule has 1 N–H and O–H groups in total. The average Bonchev–Trinajstić information content (AvgIpc) is 3.30. The van der Waals surface area contributed by atoms with Crippen molar-refractivity contribution in [3.05, 3.63) is 58.9 Å². The first-order chi connectivity index (χ1) is 13.0. The average molecular weight is 368 g/mol. The SMILES string of the molecule is O=C1Cc2cccc(C(=O)Nc3ccc(C(=O)N4CCCC4)cc3F)c2O1. The van der Waals surface area contributed by atoms with Crippen LogP contribution in [0.15, 0.2) is 36.4 Å². The van der Waals surface area contributed by atoms with Crippen LogP contribution < -0.4 is 10.1 Å². The van der Waals surface area contributed by atoms with Crippen molar-refractivity contribution in [2.75, 3.05) is 18.4 Å². The Morgan fingerprint density at radius 2 is 1.89 bits per heavy atom. The minimum Gasteiger partial charge on any atom is -0.425 e. The van der Waals surface area contributed by atoms with Gasteiger partial charge in [-0.1, -0.05) is 12.1 Å². The van der Waals surface area contributed by atoms with E-state index in [2.05, 4.69) is 5.32 Å². The van der Waals surface area contributed by atoms with Gasteiger partial charge in [-0.2, -0.15) is 0 Å². The number of esters is 1. The van der Waals surface area contributed by atoms with E-state index in [1.807, 2.05) is 0 Å². The van der Waals surface area contributed by atoms with Crippen molar-refractivity contribution in [3.63, 3.8) is 0 Å². The maximum absolute atomic E-state index is 14.4. The molecule has 0 bridgehead atoms. The standard InChI is InChI=1S/C20H17FN2O4/c21-15-10-13(20(26)23-8-1-2-9-23)6-7-16(15)22-19(25)14-5-3-4-12-11-17(24)27-18(12)14/h3-7,10H,1-2,8-9,11H2,(H,22,25). The largest absolute Gasteiger partial charge is 0.425 e. The summed E-state index contributed by atoms with van der Waals surface area (Å²) in [7, 11) is 0. The number of rotatable bonds is 3. The third kappa shape index (κ3) is 3.28. The summed E-state index contributed by atoms with van der Waals surface area (Å²) in [5.74, 6) is -1.71. The first-order valence-electron chi connectivity index (χ1n) is 8.75. The molecule has 6 nitrogen and oxygen atoms in total. The second kappa shape index (κ2) is 6.83. The number of benzene rings is 2. The van der Waals surface area contributed by atoms with E-state index >= 15 is 0 Å². The van der Waals surface area contributed by atoms with Crippen LogP contribution in [0.2, 0.25) is 0 Å². The summed E-state index contributed by atoms with van der Waals surface area (Å²) < 4.78 is 19.5. The summed E-state index contributed by atoms with van der Waals surface area (Å²) in [4.78, 5) is 38.0. The van der Waals surface area contributed by atoms with Crippen LogP contribution in [0.5, 0.6) is 5.75 Å². The molecule has 27 heavy (non-hydrogen) atoms. The number of ether oxygens (including phenoxy) is 1. The Labute approximate surface area is 154 Å². The molecule has 1 fully saturated rings. The van der Waals surface area contributed by atoms with Crippen LogP contribution in [0.1, 0.15) is 39.1 Å². The first-order valence-corrected chi connectivity index (χ1v) is 8.75. The summed E-state index contributed by atoms with van der Waals surface area (Å²) in [6, 6.07) is 8.85. The fourth-order valence-corrected chi connectivity index (χ4v) is 3.37. The van der Waals surface area contributed by atoms with Crippen LogP contribution >= 0.6 is 0 Å². The van der Waals surface area contributed by atoms with Crippen molar-refractivity contribution >= 4 is 23.5 Å². The predicted octanol–water partition coefficient (Wildman–Crippen LogP) is 2.78. The summed E-state index contributed by atoms with van der Waals surface area (Å²) >= 11 is 0.